The van der Waals surface area contributed by atoms with Crippen LogP contribution in [0.15, 0.2) is 48.5 Å². The fourth-order valence-electron chi connectivity index (χ4n) is 4.01. The highest BCUT2D eigenvalue weighted by molar-refractivity contribution is 9.09. The minimum absolute atomic E-state index is 0.00600. The molecule has 0 saturated carbocycles. The number of carbonyl (C=O) groups excluding carboxylic acids is 2. The number of halogens is 1. The summed E-state index contributed by atoms with van der Waals surface area (Å²) in [6.07, 6.45) is -0.580. The first-order valence-corrected chi connectivity index (χ1v) is 9.80. The Labute approximate surface area is 165 Å². The van der Waals surface area contributed by atoms with Crippen LogP contribution in [0, 0.1) is 0 Å². The predicted molar refractivity (Wildman–Crippen MR) is 108 cm³/mol. The summed E-state index contributed by atoms with van der Waals surface area (Å²) in [5.41, 5.74) is 1.97. The Morgan fingerprint density at radius 1 is 0.889 bits per heavy atom. The highest BCUT2D eigenvalue weighted by Gasteiger charge is 2.39. The summed E-state index contributed by atoms with van der Waals surface area (Å²) in [5, 5.41) is 4.64. The smallest absolute Gasteiger partial charge is 0.303 e. The number of fused-ring (bicyclic) bond motifs is 5. The molecule has 0 heterocycles. The van der Waals surface area contributed by atoms with Gasteiger partial charge in [0.05, 0.1) is 0 Å². The van der Waals surface area contributed by atoms with Crippen molar-refractivity contribution in [3.8, 4) is 0 Å². The van der Waals surface area contributed by atoms with Gasteiger partial charge >= 0.3 is 11.9 Å². The van der Waals surface area contributed by atoms with E-state index < -0.39 is 18.2 Å². The van der Waals surface area contributed by atoms with Crippen LogP contribution in [0.4, 0.5) is 0 Å². The number of alkyl halides is 1. The molecular formula is C22H19BrO4. The van der Waals surface area contributed by atoms with Crippen LogP contribution in [0.1, 0.15) is 42.3 Å². The van der Waals surface area contributed by atoms with Crippen molar-refractivity contribution < 1.29 is 19.1 Å². The molecule has 4 rings (SSSR count). The molecule has 0 radical (unpaired) electrons. The van der Waals surface area contributed by atoms with Crippen LogP contribution >= 0.6 is 15.9 Å². The van der Waals surface area contributed by atoms with Crippen LogP contribution in [0.2, 0.25) is 0 Å². The highest BCUT2D eigenvalue weighted by Crippen LogP contribution is 2.47. The van der Waals surface area contributed by atoms with Crippen LogP contribution in [-0.4, -0.2) is 18.0 Å². The Bertz CT molecular complexity index is 1060. The molecular weight excluding hydrogens is 408 g/mol. The molecule has 0 saturated heterocycles. The molecule has 0 spiro atoms. The first-order valence-electron chi connectivity index (χ1n) is 8.88. The molecule has 0 fully saturated rings. The van der Waals surface area contributed by atoms with E-state index in [4.69, 9.17) is 9.47 Å². The number of esters is 2. The molecule has 0 aliphatic heterocycles. The van der Waals surface area contributed by atoms with Crippen LogP contribution < -0.4 is 0 Å². The Hall–Kier alpha value is -2.40. The largest absolute Gasteiger partial charge is 0.458 e. The quantitative estimate of drug-likeness (QED) is 0.314. The summed E-state index contributed by atoms with van der Waals surface area (Å²) < 4.78 is 11.0. The third-order valence-corrected chi connectivity index (χ3v) is 5.84. The molecule has 5 heteroatoms. The molecule has 138 valence electrons. The van der Waals surface area contributed by atoms with Gasteiger partial charge in [-0.1, -0.05) is 64.5 Å². The first kappa shape index (κ1) is 18.0. The lowest BCUT2D eigenvalue weighted by atomic mass is 9.83. The van der Waals surface area contributed by atoms with Crippen LogP contribution in [0.3, 0.4) is 0 Å². The van der Waals surface area contributed by atoms with Gasteiger partial charge in [0.25, 0.3) is 0 Å². The molecule has 0 amide bonds. The molecule has 1 aliphatic carbocycles. The second kappa shape index (κ2) is 6.97. The Morgan fingerprint density at radius 2 is 1.59 bits per heavy atom. The van der Waals surface area contributed by atoms with E-state index in [9.17, 15) is 9.59 Å². The van der Waals surface area contributed by atoms with Crippen molar-refractivity contribution in [2.45, 2.75) is 37.3 Å². The highest BCUT2D eigenvalue weighted by atomic mass is 79.9. The number of hydrogen-bond acceptors (Lipinski definition) is 4. The van der Waals surface area contributed by atoms with Crippen molar-refractivity contribution >= 4 is 49.4 Å². The monoisotopic (exact) mass is 426 g/mol. The normalized spacial score (nSPS) is 21.7. The maximum absolute atomic E-state index is 11.7. The van der Waals surface area contributed by atoms with Gasteiger partial charge in [-0.15, -0.1) is 0 Å². The average molecular weight is 427 g/mol. The molecule has 3 aromatic carbocycles. The van der Waals surface area contributed by atoms with Gasteiger partial charge in [0.2, 0.25) is 0 Å². The van der Waals surface area contributed by atoms with E-state index in [0.29, 0.717) is 6.42 Å². The van der Waals surface area contributed by atoms with Crippen LogP contribution in [0.5, 0.6) is 0 Å². The summed E-state index contributed by atoms with van der Waals surface area (Å²) in [6, 6.07) is 16.5. The summed E-state index contributed by atoms with van der Waals surface area (Å²) >= 11 is 3.76. The SMILES string of the molecule is CC(=O)OC1CC(Br)c2c(ccc3c2ccc2ccccc23)C1OC(C)=O. The number of hydrogen-bond donors (Lipinski definition) is 0. The van der Waals surface area contributed by atoms with Gasteiger partial charge in [-0.3, -0.25) is 9.59 Å². The first-order chi connectivity index (χ1) is 13.0. The zero-order chi connectivity index (χ0) is 19.1. The molecule has 3 aromatic rings. The Balaban J connectivity index is 1.94. The van der Waals surface area contributed by atoms with Crippen molar-refractivity contribution in [1.82, 2.24) is 0 Å². The molecule has 3 atom stereocenters. The van der Waals surface area contributed by atoms with Gasteiger partial charge in [-0.25, -0.2) is 0 Å². The van der Waals surface area contributed by atoms with Gasteiger partial charge in [-0.05, 0) is 27.1 Å². The van der Waals surface area contributed by atoms with E-state index in [1.54, 1.807) is 0 Å². The van der Waals surface area contributed by atoms with Gasteiger partial charge < -0.3 is 9.47 Å². The van der Waals surface area contributed by atoms with Crippen molar-refractivity contribution in [2.75, 3.05) is 0 Å². The second-order valence-corrected chi connectivity index (χ2v) is 7.94. The molecule has 1 aliphatic rings. The van der Waals surface area contributed by atoms with Gasteiger partial charge in [0, 0.05) is 30.7 Å². The maximum atomic E-state index is 11.7. The number of ether oxygens (including phenoxy) is 2. The van der Waals surface area contributed by atoms with E-state index in [1.807, 2.05) is 18.2 Å². The zero-order valence-corrected chi connectivity index (χ0v) is 16.7. The Kier molecular flexibility index (Phi) is 4.64. The van der Waals surface area contributed by atoms with E-state index in [1.165, 1.54) is 24.6 Å². The second-order valence-electron chi connectivity index (χ2n) is 6.83. The number of benzene rings is 3. The van der Waals surface area contributed by atoms with Crippen molar-refractivity contribution in [3.63, 3.8) is 0 Å². The standard InChI is InChI=1S/C22H19BrO4/c1-12(24)26-20-11-19(23)21-17-8-7-14-5-3-4-6-15(14)16(17)9-10-18(21)22(20)27-13(2)25/h3-10,19-20,22H,11H2,1-2H3. The predicted octanol–water partition coefficient (Wildman–Crippen LogP) is 5.37. The van der Waals surface area contributed by atoms with Crippen molar-refractivity contribution in [1.29, 1.82) is 0 Å². The summed E-state index contributed by atoms with van der Waals surface area (Å²) in [7, 11) is 0. The van der Waals surface area contributed by atoms with E-state index in [2.05, 4.69) is 46.3 Å². The van der Waals surface area contributed by atoms with Gasteiger partial charge in [-0.2, -0.15) is 0 Å². The number of rotatable bonds is 2. The van der Waals surface area contributed by atoms with Crippen LogP contribution in [0.25, 0.3) is 21.5 Å². The molecule has 27 heavy (non-hydrogen) atoms. The molecule has 0 aromatic heterocycles. The van der Waals surface area contributed by atoms with E-state index in [0.717, 1.165) is 21.9 Å². The third kappa shape index (κ3) is 3.21. The van der Waals surface area contributed by atoms with E-state index >= 15 is 0 Å². The minimum Gasteiger partial charge on any atom is -0.458 e. The third-order valence-electron chi connectivity index (χ3n) is 5.01. The van der Waals surface area contributed by atoms with Crippen molar-refractivity contribution in [2.24, 2.45) is 0 Å². The zero-order valence-electron chi connectivity index (χ0n) is 15.1. The topological polar surface area (TPSA) is 52.6 Å². The summed E-state index contributed by atoms with van der Waals surface area (Å²) in [5.74, 6) is -0.776. The lowest BCUT2D eigenvalue weighted by Gasteiger charge is -2.35. The average Bonchev–Trinajstić information content (AvgIpc) is 2.63. The number of carbonyl (C=O) groups is 2. The van der Waals surface area contributed by atoms with Crippen molar-refractivity contribution in [3.05, 3.63) is 59.7 Å². The summed E-state index contributed by atoms with van der Waals surface area (Å²) in [4.78, 5) is 23.2. The fourth-order valence-corrected chi connectivity index (χ4v) is 4.89. The summed E-state index contributed by atoms with van der Waals surface area (Å²) in [6.45, 7) is 2.75. The fraction of sp³-hybridized carbons (Fsp3) is 0.273. The Morgan fingerprint density at radius 3 is 2.33 bits per heavy atom. The molecule has 4 nitrogen and oxygen atoms in total. The van der Waals surface area contributed by atoms with Crippen LogP contribution in [-0.2, 0) is 19.1 Å². The van der Waals surface area contributed by atoms with E-state index in [-0.39, 0.29) is 10.8 Å². The van der Waals surface area contributed by atoms with Gasteiger partial charge in [0.1, 0.15) is 6.10 Å². The molecule has 3 unspecified atom stereocenters. The minimum atomic E-state index is -0.605. The lowest BCUT2D eigenvalue weighted by molar-refractivity contribution is -0.167. The maximum Gasteiger partial charge on any atom is 0.303 e. The lowest BCUT2D eigenvalue weighted by Crippen LogP contribution is -2.33. The molecule has 0 N–H and O–H groups in total. The van der Waals surface area contributed by atoms with Gasteiger partial charge in [0.15, 0.2) is 6.10 Å². The molecule has 0 bridgehead atoms.